The molecule has 1 aromatic rings. The van der Waals surface area contributed by atoms with Gasteiger partial charge in [0.05, 0.1) is 6.04 Å². The zero-order valence-corrected chi connectivity index (χ0v) is 18.1. The minimum atomic E-state index is -0.613. The Kier molecular flexibility index (Phi) is 6.92. The molecular weight excluding hydrogens is 378 g/mol. The first-order valence-electron chi connectivity index (χ1n) is 10.7. The summed E-state index contributed by atoms with van der Waals surface area (Å²) in [5.74, 6) is 0.522. The van der Waals surface area contributed by atoms with Crippen LogP contribution >= 0.6 is 0 Å². The predicted octanol–water partition coefficient (Wildman–Crippen LogP) is 1.85. The van der Waals surface area contributed by atoms with Crippen molar-refractivity contribution in [2.24, 2.45) is 11.3 Å². The van der Waals surface area contributed by atoms with Crippen LogP contribution in [0, 0.1) is 11.3 Å². The molecule has 7 heteroatoms. The smallest absolute Gasteiger partial charge is 0.242 e. The van der Waals surface area contributed by atoms with Gasteiger partial charge in [-0.25, -0.2) is 4.98 Å². The monoisotopic (exact) mass is 411 g/mol. The molecule has 1 fully saturated rings. The molecule has 30 heavy (non-hydrogen) atoms. The number of aryl methyl sites for hydroxylation is 1. The Labute approximate surface area is 178 Å². The lowest BCUT2D eigenvalue weighted by Gasteiger charge is -2.32. The third-order valence-electron chi connectivity index (χ3n) is 6.29. The molecule has 1 saturated heterocycles. The number of rotatable bonds is 7. The number of anilines is 1. The number of aromatic nitrogens is 1. The van der Waals surface area contributed by atoms with Gasteiger partial charge in [-0.1, -0.05) is 44.2 Å². The molecule has 2 amide bonds. The van der Waals surface area contributed by atoms with Gasteiger partial charge in [-0.05, 0) is 55.7 Å². The van der Waals surface area contributed by atoms with Crippen molar-refractivity contribution in [2.45, 2.75) is 58.7 Å². The van der Waals surface area contributed by atoms with Gasteiger partial charge < -0.3 is 21.7 Å². The molecule has 3 rings (SSSR count). The van der Waals surface area contributed by atoms with Crippen molar-refractivity contribution in [3.8, 4) is 0 Å². The van der Waals surface area contributed by atoms with Crippen LogP contribution in [0.2, 0.25) is 0 Å². The number of hydrogen-bond acceptors (Lipinski definition) is 5. The molecule has 1 aliphatic heterocycles. The van der Waals surface area contributed by atoms with Gasteiger partial charge in [0.2, 0.25) is 11.8 Å². The number of carbonyl (C=O) groups is 2. The van der Waals surface area contributed by atoms with Gasteiger partial charge in [0.1, 0.15) is 11.9 Å². The lowest BCUT2D eigenvalue weighted by molar-refractivity contribution is -0.129. The summed E-state index contributed by atoms with van der Waals surface area (Å²) in [6, 6.07) is 2.72. The Morgan fingerprint density at radius 3 is 2.87 bits per heavy atom. The number of nitrogens with zero attached hydrogens (tertiary/aromatic N) is 1. The first kappa shape index (κ1) is 22.0. The van der Waals surface area contributed by atoms with Crippen molar-refractivity contribution >= 4 is 17.6 Å². The molecule has 0 radical (unpaired) electrons. The minimum Gasteiger partial charge on any atom is -0.384 e. The van der Waals surface area contributed by atoms with E-state index in [2.05, 4.69) is 52.2 Å². The van der Waals surface area contributed by atoms with E-state index in [0.717, 1.165) is 37.1 Å². The quantitative estimate of drug-likeness (QED) is 0.547. The van der Waals surface area contributed by atoms with Gasteiger partial charge in [-0.2, -0.15) is 0 Å². The molecule has 1 aromatic heterocycles. The van der Waals surface area contributed by atoms with Crippen LogP contribution in [0.3, 0.4) is 0 Å². The third kappa shape index (κ3) is 5.08. The van der Waals surface area contributed by atoms with Crippen LogP contribution in [0.5, 0.6) is 0 Å². The Hall–Kier alpha value is -2.67. The lowest BCUT2D eigenvalue weighted by Crippen LogP contribution is -2.50. The fourth-order valence-corrected chi connectivity index (χ4v) is 4.21. The van der Waals surface area contributed by atoms with E-state index in [0.29, 0.717) is 18.3 Å². The number of hydrogen-bond donors (Lipinski definition) is 4. The fraction of sp³-hybridized carbons (Fsp3) is 0.522. The maximum Gasteiger partial charge on any atom is 0.242 e. The van der Waals surface area contributed by atoms with E-state index in [1.54, 1.807) is 13.0 Å². The van der Waals surface area contributed by atoms with E-state index in [1.165, 1.54) is 0 Å². The zero-order chi connectivity index (χ0) is 21.7. The number of amides is 2. The average Bonchev–Trinajstić information content (AvgIpc) is 3.24. The molecule has 1 aliphatic carbocycles. The first-order valence-corrected chi connectivity index (χ1v) is 10.7. The highest BCUT2D eigenvalue weighted by Crippen LogP contribution is 2.40. The summed E-state index contributed by atoms with van der Waals surface area (Å²) in [6.07, 6.45) is 11.1. The molecule has 2 heterocycles. The van der Waals surface area contributed by atoms with Gasteiger partial charge in [0.15, 0.2) is 0 Å². The summed E-state index contributed by atoms with van der Waals surface area (Å²) >= 11 is 0. The van der Waals surface area contributed by atoms with Crippen LogP contribution in [0.1, 0.15) is 44.9 Å². The zero-order valence-electron chi connectivity index (χ0n) is 18.1. The summed E-state index contributed by atoms with van der Waals surface area (Å²) in [5.41, 5.74) is 7.60. The highest BCUT2D eigenvalue weighted by atomic mass is 16.2. The van der Waals surface area contributed by atoms with Crippen LogP contribution in [0.4, 0.5) is 5.82 Å². The molecule has 4 atom stereocenters. The number of nitrogens with one attached hydrogen (secondary N) is 3. The van der Waals surface area contributed by atoms with Crippen molar-refractivity contribution < 1.29 is 9.59 Å². The topological polar surface area (TPSA) is 109 Å². The lowest BCUT2D eigenvalue weighted by atomic mass is 9.72. The number of carbonyl (C=O) groups excluding carboxylic acids is 2. The van der Waals surface area contributed by atoms with Crippen molar-refractivity contribution in [2.75, 3.05) is 12.3 Å². The van der Waals surface area contributed by atoms with Crippen LogP contribution < -0.4 is 21.7 Å². The van der Waals surface area contributed by atoms with Crippen LogP contribution in [-0.2, 0) is 22.6 Å². The van der Waals surface area contributed by atoms with Crippen LogP contribution in [-0.4, -0.2) is 35.4 Å². The van der Waals surface area contributed by atoms with Gasteiger partial charge in [-0.15, -0.1) is 0 Å². The summed E-state index contributed by atoms with van der Waals surface area (Å²) in [4.78, 5) is 29.5. The Morgan fingerprint density at radius 1 is 1.37 bits per heavy atom. The van der Waals surface area contributed by atoms with Crippen molar-refractivity contribution in [1.29, 1.82) is 0 Å². The molecular formula is C23H33N5O2. The maximum absolute atomic E-state index is 12.7. The van der Waals surface area contributed by atoms with E-state index in [-0.39, 0.29) is 23.3 Å². The van der Waals surface area contributed by atoms with E-state index in [1.807, 2.05) is 13.0 Å². The number of allylic oxidation sites excluding steroid dienone is 4. The van der Waals surface area contributed by atoms with E-state index >= 15 is 0 Å². The van der Waals surface area contributed by atoms with Crippen LogP contribution in [0.25, 0.3) is 0 Å². The van der Waals surface area contributed by atoms with E-state index < -0.39 is 6.04 Å². The molecule has 0 bridgehead atoms. The van der Waals surface area contributed by atoms with Crippen molar-refractivity contribution in [3.63, 3.8) is 0 Å². The Bertz CT molecular complexity index is 850. The highest BCUT2D eigenvalue weighted by molar-refractivity contribution is 5.89. The number of nitrogens with two attached hydrogens (primary N) is 1. The second-order valence-corrected chi connectivity index (χ2v) is 8.53. The fourth-order valence-electron chi connectivity index (χ4n) is 4.21. The second kappa shape index (κ2) is 9.43. The predicted molar refractivity (Wildman–Crippen MR) is 118 cm³/mol. The molecule has 1 unspecified atom stereocenters. The number of pyridine rings is 1. The molecule has 5 N–H and O–H groups in total. The van der Waals surface area contributed by atoms with E-state index in [4.69, 9.17) is 5.73 Å². The second-order valence-electron chi connectivity index (χ2n) is 8.53. The van der Waals surface area contributed by atoms with Crippen LogP contribution in [0.15, 0.2) is 36.4 Å². The van der Waals surface area contributed by atoms with Gasteiger partial charge in [-0.3, -0.25) is 9.59 Å². The minimum absolute atomic E-state index is 0.0733. The molecule has 0 spiro atoms. The van der Waals surface area contributed by atoms with Gasteiger partial charge in [0.25, 0.3) is 0 Å². The molecule has 2 aliphatic rings. The highest BCUT2D eigenvalue weighted by Gasteiger charge is 2.39. The maximum atomic E-state index is 12.7. The van der Waals surface area contributed by atoms with Crippen molar-refractivity contribution in [3.05, 3.63) is 47.7 Å². The summed E-state index contributed by atoms with van der Waals surface area (Å²) in [6.45, 7) is 7.11. The van der Waals surface area contributed by atoms with Gasteiger partial charge >= 0.3 is 0 Å². The van der Waals surface area contributed by atoms with Crippen molar-refractivity contribution in [1.82, 2.24) is 20.9 Å². The standard InChI is InChI=1S/C23H33N5O2/c1-4-18-16(8-9-20(24)28-18)13-26-21(29)15(2)27-22(30)19-12-17(14-25-19)23(3)10-6-5-7-11-23/h5-10,15,17,19,25H,4,11-14H2,1-3H3,(H2,24,28)(H,26,29)(H,27,30)/t15-,17-,19+,23?/m0/s1. The normalized spacial score (nSPS) is 26.4. The Balaban J connectivity index is 1.49. The van der Waals surface area contributed by atoms with E-state index in [9.17, 15) is 9.59 Å². The SMILES string of the molecule is CCc1nc(N)ccc1CNC(=O)[C@H](C)NC(=O)[C@H]1C[C@H](C2(C)C=CC=CC2)CN1. The van der Waals surface area contributed by atoms with Gasteiger partial charge in [0, 0.05) is 12.2 Å². The molecule has 7 nitrogen and oxygen atoms in total. The summed E-state index contributed by atoms with van der Waals surface area (Å²) in [5, 5.41) is 9.06. The molecule has 0 saturated carbocycles. The first-order chi connectivity index (χ1) is 14.3. The Morgan fingerprint density at radius 2 is 2.17 bits per heavy atom. The average molecular weight is 412 g/mol. The summed E-state index contributed by atoms with van der Waals surface area (Å²) in [7, 11) is 0. The summed E-state index contributed by atoms with van der Waals surface area (Å²) < 4.78 is 0. The molecule has 162 valence electrons. The largest absolute Gasteiger partial charge is 0.384 e. The third-order valence-corrected chi connectivity index (χ3v) is 6.29. The number of nitrogen functional groups attached to an aromatic ring is 1. The molecule has 0 aromatic carbocycles.